The van der Waals surface area contributed by atoms with E-state index in [4.69, 9.17) is 12.2 Å². The molecule has 2 aromatic rings. The summed E-state index contributed by atoms with van der Waals surface area (Å²) in [6, 6.07) is 18.3. The van der Waals surface area contributed by atoms with Crippen LogP contribution in [0.1, 0.15) is 12.0 Å². The fourth-order valence-corrected chi connectivity index (χ4v) is 2.59. The number of thiocarbonyl (C=S) groups is 1. The van der Waals surface area contributed by atoms with E-state index in [0.29, 0.717) is 5.11 Å². The molecule has 0 amide bonds. The minimum atomic E-state index is 0.475. The van der Waals surface area contributed by atoms with Crippen molar-refractivity contribution in [3.8, 4) is 0 Å². The van der Waals surface area contributed by atoms with Crippen LogP contribution in [0.5, 0.6) is 0 Å². The monoisotopic (exact) mass is 310 g/mol. The van der Waals surface area contributed by atoms with E-state index in [9.17, 15) is 0 Å². The first-order valence-electron chi connectivity index (χ1n) is 7.25. The van der Waals surface area contributed by atoms with Gasteiger partial charge < -0.3 is 5.32 Å². The van der Waals surface area contributed by atoms with E-state index in [-0.39, 0.29) is 0 Å². The number of hydrazine groups is 1. The van der Waals surface area contributed by atoms with Crippen molar-refractivity contribution in [3.05, 3.63) is 60.2 Å². The second-order valence-electron chi connectivity index (χ2n) is 5.21. The Labute approximate surface area is 135 Å². The molecular weight excluding hydrogens is 292 g/mol. The van der Waals surface area contributed by atoms with Crippen molar-refractivity contribution in [1.29, 1.82) is 0 Å². The average Bonchev–Trinajstić information content (AvgIpc) is 2.96. The van der Waals surface area contributed by atoms with E-state index in [1.165, 1.54) is 5.56 Å². The predicted octanol–water partition coefficient (Wildman–Crippen LogP) is 3.51. The van der Waals surface area contributed by atoms with Crippen molar-refractivity contribution < 1.29 is 0 Å². The Hall–Kier alpha value is -2.40. The van der Waals surface area contributed by atoms with Gasteiger partial charge in [0.1, 0.15) is 5.84 Å². The Balaban J connectivity index is 1.62. The standard InChI is InChI=1S/C17H18N4S/c1-13-6-5-7-14(12-13)18-17(22)19-16-10-11-21(20-16)15-8-3-2-4-9-15/h2-9,12H,10-11H2,1H3,(H2,18,19,20,22). The van der Waals surface area contributed by atoms with Crippen LogP contribution in [0.2, 0.25) is 0 Å². The lowest BCUT2D eigenvalue weighted by atomic mass is 10.2. The van der Waals surface area contributed by atoms with Crippen LogP contribution in [-0.2, 0) is 0 Å². The number of benzene rings is 2. The minimum Gasteiger partial charge on any atom is -0.331 e. The van der Waals surface area contributed by atoms with Gasteiger partial charge in [-0.2, -0.15) is 0 Å². The number of amidine groups is 1. The maximum Gasteiger partial charge on any atom is 0.198 e. The largest absolute Gasteiger partial charge is 0.331 e. The molecule has 1 aliphatic heterocycles. The van der Waals surface area contributed by atoms with Crippen LogP contribution >= 0.6 is 12.2 Å². The van der Waals surface area contributed by atoms with Crippen LogP contribution in [0.4, 0.5) is 11.4 Å². The fourth-order valence-electron chi connectivity index (χ4n) is 2.36. The molecule has 0 unspecified atom stereocenters. The molecule has 2 aromatic carbocycles. The quantitative estimate of drug-likeness (QED) is 0.833. The number of para-hydroxylation sites is 1. The Kier molecular flexibility index (Phi) is 4.34. The van der Waals surface area contributed by atoms with Crippen molar-refractivity contribution in [2.24, 2.45) is 4.99 Å². The summed E-state index contributed by atoms with van der Waals surface area (Å²) in [5.74, 6) is 0.883. The first-order chi connectivity index (χ1) is 10.7. The van der Waals surface area contributed by atoms with E-state index in [1.54, 1.807) is 0 Å². The van der Waals surface area contributed by atoms with Gasteiger partial charge in [-0.1, -0.05) is 30.3 Å². The summed E-state index contributed by atoms with van der Waals surface area (Å²) in [4.78, 5) is 4.46. The zero-order chi connectivity index (χ0) is 15.4. The molecule has 4 nitrogen and oxygen atoms in total. The third-order valence-corrected chi connectivity index (χ3v) is 3.60. The summed E-state index contributed by atoms with van der Waals surface area (Å²) < 4.78 is 0. The maximum absolute atomic E-state index is 5.31. The van der Waals surface area contributed by atoms with Gasteiger partial charge in [0.15, 0.2) is 5.11 Å². The normalized spacial score (nSPS) is 15.7. The van der Waals surface area contributed by atoms with Crippen LogP contribution in [0.15, 0.2) is 59.6 Å². The Morgan fingerprint density at radius 3 is 2.77 bits per heavy atom. The molecule has 112 valence electrons. The lowest BCUT2D eigenvalue weighted by Gasteiger charge is -2.17. The van der Waals surface area contributed by atoms with Crippen LogP contribution in [0.25, 0.3) is 0 Å². The van der Waals surface area contributed by atoms with Gasteiger partial charge in [0.2, 0.25) is 0 Å². The molecule has 0 radical (unpaired) electrons. The number of rotatable bonds is 2. The summed E-state index contributed by atoms with van der Waals surface area (Å²) in [6.45, 7) is 2.94. The number of aryl methyl sites for hydroxylation is 1. The smallest absolute Gasteiger partial charge is 0.198 e. The number of anilines is 2. The van der Waals surface area contributed by atoms with E-state index in [0.717, 1.165) is 30.2 Å². The van der Waals surface area contributed by atoms with E-state index < -0.39 is 0 Å². The highest BCUT2D eigenvalue weighted by Crippen LogP contribution is 2.15. The molecule has 22 heavy (non-hydrogen) atoms. The highest BCUT2D eigenvalue weighted by Gasteiger charge is 2.17. The van der Waals surface area contributed by atoms with Gasteiger partial charge in [0.25, 0.3) is 0 Å². The second-order valence-corrected chi connectivity index (χ2v) is 5.59. The zero-order valence-corrected chi connectivity index (χ0v) is 13.2. The van der Waals surface area contributed by atoms with Crippen molar-refractivity contribution in [2.75, 3.05) is 16.9 Å². The Bertz CT molecular complexity index is 697. The second kappa shape index (κ2) is 6.58. The average molecular weight is 310 g/mol. The molecule has 0 aromatic heterocycles. The first kappa shape index (κ1) is 14.5. The van der Waals surface area contributed by atoms with Crippen molar-refractivity contribution >= 4 is 34.5 Å². The molecule has 0 bridgehead atoms. The molecule has 1 aliphatic rings. The number of nitrogens with zero attached hydrogens (tertiary/aromatic N) is 2. The summed E-state index contributed by atoms with van der Waals surface area (Å²) in [5.41, 5.74) is 6.58. The van der Waals surface area contributed by atoms with Gasteiger partial charge in [0.05, 0.1) is 5.69 Å². The van der Waals surface area contributed by atoms with Crippen molar-refractivity contribution in [2.45, 2.75) is 13.3 Å². The third kappa shape index (κ3) is 3.62. The summed E-state index contributed by atoms with van der Waals surface area (Å²) in [5, 5.41) is 5.70. The number of nitrogens with one attached hydrogen (secondary N) is 2. The van der Waals surface area contributed by atoms with Gasteiger partial charge in [-0.05, 0) is 49.0 Å². The van der Waals surface area contributed by atoms with Gasteiger partial charge in [-0.15, -0.1) is 0 Å². The number of hydrogen-bond donors (Lipinski definition) is 2. The molecule has 2 N–H and O–H groups in total. The van der Waals surface area contributed by atoms with Crippen LogP contribution in [0, 0.1) is 6.92 Å². The molecule has 0 saturated carbocycles. The van der Waals surface area contributed by atoms with Gasteiger partial charge in [0, 0.05) is 18.7 Å². The lowest BCUT2D eigenvalue weighted by molar-refractivity contribution is 0.858. The molecule has 1 saturated heterocycles. The van der Waals surface area contributed by atoms with E-state index >= 15 is 0 Å². The van der Waals surface area contributed by atoms with Gasteiger partial charge >= 0.3 is 0 Å². The molecule has 1 fully saturated rings. The van der Waals surface area contributed by atoms with Crippen LogP contribution in [0.3, 0.4) is 0 Å². The van der Waals surface area contributed by atoms with E-state index in [1.807, 2.05) is 36.4 Å². The predicted molar refractivity (Wildman–Crippen MR) is 96.4 cm³/mol. The number of hydrogen-bond acceptors (Lipinski definition) is 2. The summed E-state index contributed by atoms with van der Waals surface area (Å²) in [7, 11) is 0. The van der Waals surface area contributed by atoms with Crippen molar-refractivity contribution in [1.82, 2.24) is 5.43 Å². The Morgan fingerprint density at radius 2 is 2.00 bits per heavy atom. The first-order valence-corrected chi connectivity index (χ1v) is 7.66. The van der Waals surface area contributed by atoms with Gasteiger partial charge in [-0.25, -0.2) is 4.99 Å². The topological polar surface area (TPSA) is 39.7 Å². The molecule has 0 spiro atoms. The zero-order valence-electron chi connectivity index (χ0n) is 12.4. The molecule has 3 rings (SSSR count). The minimum absolute atomic E-state index is 0.475. The maximum atomic E-state index is 5.31. The third-order valence-electron chi connectivity index (χ3n) is 3.41. The SMILES string of the molecule is Cc1cccc(NC(=S)/N=C2/CCN(c3ccccc3)N2)c1. The van der Waals surface area contributed by atoms with Crippen LogP contribution in [-0.4, -0.2) is 17.5 Å². The molecular formula is C17H18N4S. The highest BCUT2D eigenvalue weighted by molar-refractivity contribution is 7.80. The highest BCUT2D eigenvalue weighted by atomic mass is 32.1. The van der Waals surface area contributed by atoms with Crippen molar-refractivity contribution in [3.63, 3.8) is 0 Å². The number of aliphatic imine (C=N–C) groups is 1. The van der Waals surface area contributed by atoms with Gasteiger partial charge in [-0.3, -0.25) is 10.4 Å². The molecule has 0 atom stereocenters. The summed E-state index contributed by atoms with van der Waals surface area (Å²) >= 11 is 5.31. The van der Waals surface area contributed by atoms with E-state index in [2.05, 4.69) is 45.9 Å². The summed E-state index contributed by atoms with van der Waals surface area (Å²) in [6.07, 6.45) is 0.852. The fraction of sp³-hybridized carbons (Fsp3) is 0.176. The lowest BCUT2D eigenvalue weighted by Crippen LogP contribution is -2.33. The molecule has 1 heterocycles. The molecule has 0 aliphatic carbocycles. The molecule has 5 heteroatoms. The van der Waals surface area contributed by atoms with Crippen LogP contribution < -0.4 is 15.8 Å². The Morgan fingerprint density at radius 1 is 1.18 bits per heavy atom.